The summed E-state index contributed by atoms with van der Waals surface area (Å²) in [5, 5.41) is 2.62. The average Bonchev–Trinajstić information content (AvgIpc) is 2.83. The molecule has 1 aromatic carbocycles. The summed E-state index contributed by atoms with van der Waals surface area (Å²) in [5.74, 6) is 0.0550. The van der Waals surface area contributed by atoms with Crippen molar-refractivity contribution in [3.8, 4) is 5.75 Å². The van der Waals surface area contributed by atoms with E-state index in [4.69, 9.17) is 18.8 Å². The number of halogens is 3. The molecule has 10 heteroatoms. The van der Waals surface area contributed by atoms with Crippen molar-refractivity contribution in [1.82, 2.24) is 5.32 Å². The molecule has 0 saturated carbocycles. The minimum atomic E-state index is -4.55. The average molecular weight is 457 g/mol. The molecular formula is C22H31BF3NO5. The molecule has 0 atom stereocenters. The van der Waals surface area contributed by atoms with Gasteiger partial charge < -0.3 is 24.1 Å². The lowest BCUT2D eigenvalue weighted by Crippen LogP contribution is -2.41. The third-order valence-corrected chi connectivity index (χ3v) is 5.24. The number of alkyl halides is 3. The van der Waals surface area contributed by atoms with Crippen molar-refractivity contribution >= 4 is 19.3 Å². The van der Waals surface area contributed by atoms with Gasteiger partial charge in [-0.2, -0.15) is 13.2 Å². The van der Waals surface area contributed by atoms with E-state index in [-0.39, 0.29) is 17.9 Å². The standard InChI is InChI=1S/C22H31BF3NO5/c1-19(2,3)30-18(28)27-13-16(23-31-20(4,5)21(6,7)32-23)10-14-9-15(22(24,25)26)12-17(11-14)29-8/h9-12H,13H2,1-8H3,(H,27,28). The predicted molar refractivity (Wildman–Crippen MR) is 116 cm³/mol. The van der Waals surface area contributed by atoms with Crippen LogP contribution >= 0.6 is 0 Å². The highest BCUT2D eigenvalue weighted by Crippen LogP contribution is 2.39. The molecule has 1 saturated heterocycles. The number of alkyl carbamates (subject to hydrolysis) is 1. The number of rotatable bonds is 5. The third-order valence-electron chi connectivity index (χ3n) is 5.24. The zero-order chi connectivity index (χ0) is 24.5. The normalized spacial score (nSPS) is 18.5. The van der Waals surface area contributed by atoms with Gasteiger partial charge in [0.1, 0.15) is 11.4 Å². The molecule has 1 aromatic rings. The van der Waals surface area contributed by atoms with E-state index in [2.05, 4.69) is 5.32 Å². The van der Waals surface area contributed by atoms with Crippen LogP contribution in [0.2, 0.25) is 0 Å². The van der Waals surface area contributed by atoms with Gasteiger partial charge >= 0.3 is 19.4 Å². The number of hydrogen-bond acceptors (Lipinski definition) is 5. The van der Waals surface area contributed by atoms with Gasteiger partial charge in [0, 0.05) is 6.54 Å². The van der Waals surface area contributed by atoms with Crippen LogP contribution in [-0.2, 0) is 20.2 Å². The summed E-state index contributed by atoms with van der Waals surface area (Å²) >= 11 is 0. The molecule has 1 N–H and O–H groups in total. The lowest BCUT2D eigenvalue weighted by atomic mass is 9.77. The van der Waals surface area contributed by atoms with Gasteiger partial charge in [-0.15, -0.1) is 0 Å². The van der Waals surface area contributed by atoms with Gasteiger partial charge in [0.15, 0.2) is 0 Å². The Kier molecular flexibility index (Phi) is 7.31. The number of nitrogens with one attached hydrogen (secondary N) is 1. The second kappa shape index (κ2) is 8.98. The van der Waals surface area contributed by atoms with Gasteiger partial charge in [0.05, 0.1) is 23.9 Å². The maximum Gasteiger partial charge on any atom is 0.492 e. The molecule has 0 unspecified atom stereocenters. The summed E-state index contributed by atoms with van der Waals surface area (Å²) in [5.41, 5.74) is -2.24. The second-order valence-corrected chi connectivity index (χ2v) is 9.66. The van der Waals surface area contributed by atoms with Gasteiger partial charge in [-0.3, -0.25) is 0 Å². The minimum Gasteiger partial charge on any atom is -0.497 e. The zero-order valence-electron chi connectivity index (χ0n) is 19.8. The Labute approximate surface area is 187 Å². The molecule has 0 bridgehead atoms. The number of amides is 1. The zero-order valence-corrected chi connectivity index (χ0v) is 19.8. The van der Waals surface area contributed by atoms with Crippen LogP contribution < -0.4 is 10.1 Å². The first-order chi connectivity index (χ1) is 14.4. The van der Waals surface area contributed by atoms with Gasteiger partial charge in [-0.25, -0.2) is 4.79 Å². The fourth-order valence-electron chi connectivity index (χ4n) is 2.89. The Hall–Kier alpha value is -2.20. The van der Waals surface area contributed by atoms with Crippen LogP contribution in [0.1, 0.15) is 59.6 Å². The molecule has 1 aliphatic rings. The van der Waals surface area contributed by atoms with E-state index in [0.29, 0.717) is 5.47 Å². The molecule has 0 aromatic heterocycles. The number of benzene rings is 1. The van der Waals surface area contributed by atoms with E-state index >= 15 is 0 Å². The van der Waals surface area contributed by atoms with Crippen LogP contribution in [0.5, 0.6) is 5.75 Å². The van der Waals surface area contributed by atoms with Gasteiger partial charge in [0.25, 0.3) is 0 Å². The van der Waals surface area contributed by atoms with Crippen molar-refractivity contribution in [2.45, 2.75) is 71.4 Å². The molecule has 1 amide bonds. The lowest BCUT2D eigenvalue weighted by Gasteiger charge is -2.32. The predicted octanol–water partition coefficient (Wildman–Crippen LogP) is 5.25. The fraction of sp³-hybridized carbons (Fsp3) is 0.591. The molecule has 178 valence electrons. The van der Waals surface area contributed by atoms with Crippen LogP contribution in [0.4, 0.5) is 18.0 Å². The van der Waals surface area contributed by atoms with Crippen LogP contribution in [0.25, 0.3) is 6.08 Å². The molecule has 1 heterocycles. The maximum atomic E-state index is 13.3. The summed E-state index contributed by atoms with van der Waals surface area (Å²) in [6, 6.07) is 3.39. The number of ether oxygens (including phenoxy) is 2. The van der Waals surface area contributed by atoms with E-state index in [1.165, 1.54) is 19.3 Å². The van der Waals surface area contributed by atoms with Crippen LogP contribution in [-0.4, -0.2) is 43.7 Å². The maximum absolute atomic E-state index is 13.3. The summed E-state index contributed by atoms with van der Waals surface area (Å²) in [4.78, 5) is 12.2. The Balaban J connectivity index is 2.42. The van der Waals surface area contributed by atoms with Crippen molar-refractivity contribution in [2.24, 2.45) is 0 Å². The van der Waals surface area contributed by atoms with Gasteiger partial charge in [0.2, 0.25) is 0 Å². The smallest absolute Gasteiger partial charge is 0.492 e. The van der Waals surface area contributed by atoms with Crippen LogP contribution in [0.3, 0.4) is 0 Å². The topological polar surface area (TPSA) is 66.0 Å². The van der Waals surface area contributed by atoms with E-state index in [1.807, 2.05) is 27.7 Å². The van der Waals surface area contributed by atoms with E-state index in [1.54, 1.807) is 20.8 Å². The summed E-state index contributed by atoms with van der Waals surface area (Å²) in [6.07, 6.45) is -3.71. The summed E-state index contributed by atoms with van der Waals surface area (Å²) in [7, 11) is 0.415. The molecule has 0 radical (unpaired) electrons. The molecule has 0 aliphatic carbocycles. The molecule has 0 spiro atoms. The molecule has 2 rings (SSSR count). The first-order valence-corrected chi connectivity index (χ1v) is 10.2. The van der Waals surface area contributed by atoms with Crippen molar-refractivity contribution in [1.29, 1.82) is 0 Å². The minimum absolute atomic E-state index is 0.0513. The second-order valence-electron chi connectivity index (χ2n) is 9.66. The third kappa shape index (κ3) is 6.65. The quantitative estimate of drug-likeness (QED) is 0.612. The first kappa shape index (κ1) is 26.1. The lowest BCUT2D eigenvalue weighted by molar-refractivity contribution is -0.137. The molecule has 1 aliphatic heterocycles. The number of carbonyl (C=O) groups excluding carboxylic acids is 1. The van der Waals surface area contributed by atoms with Crippen molar-refractivity contribution in [2.75, 3.05) is 13.7 Å². The van der Waals surface area contributed by atoms with Crippen molar-refractivity contribution < 1.29 is 36.7 Å². The highest BCUT2D eigenvalue weighted by Gasteiger charge is 2.52. The van der Waals surface area contributed by atoms with E-state index in [0.717, 1.165) is 12.1 Å². The van der Waals surface area contributed by atoms with E-state index in [9.17, 15) is 18.0 Å². The first-order valence-electron chi connectivity index (χ1n) is 10.2. The highest BCUT2D eigenvalue weighted by molar-refractivity contribution is 6.56. The largest absolute Gasteiger partial charge is 0.497 e. The Morgan fingerprint density at radius 3 is 2.12 bits per heavy atom. The molecule has 1 fully saturated rings. The Morgan fingerprint density at radius 1 is 1.09 bits per heavy atom. The Bertz CT molecular complexity index is 859. The number of methoxy groups -OCH3 is 1. The monoisotopic (exact) mass is 457 g/mol. The molecule has 6 nitrogen and oxygen atoms in total. The van der Waals surface area contributed by atoms with Gasteiger partial charge in [-0.1, -0.05) is 6.08 Å². The highest BCUT2D eigenvalue weighted by atomic mass is 19.4. The van der Waals surface area contributed by atoms with Gasteiger partial charge in [-0.05, 0) is 77.7 Å². The molecular weight excluding hydrogens is 426 g/mol. The summed E-state index contributed by atoms with van der Waals surface area (Å²) in [6.45, 7) is 12.6. The van der Waals surface area contributed by atoms with Crippen LogP contribution in [0, 0.1) is 0 Å². The fourth-order valence-corrected chi connectivity index (χ4v) is 2.89. The van der Waals surface area contributed by atoms with Crippen molar-refractivity contribution in [3.63, 3.8) is 0 Å². The Morgan fingerprint density at radius 2 is 1.66 bits per heavy atom. The number of hydrogen-bond donors (Lipinski definition) is 1. The molecule has 32 heavy (non-hydrogen) atoms. The SMILES string of the molecule is COc1cc(C=C(CNC(=O)OC(C)(C)C)B2OC(C)(C)C(C)(C)O2)cc(C(F)(F)F)c1. The van der Waals surface area contributed by atoms with E-state index < -0.39 is 41.8 Å². The van der Waals surface area contributed by atoms with Crippen molar-refractivity contribution in [3.05, 3.63) is 34.8 Å². The summed E-state index contributed by atoms with van der Waals surface area (Å²) < 4.78 is 62.4. The van der Waals surface area contributed by atoms with Crippen LogP contribution in [0.15, 0.2) is 23.7 Å². The number of carbonyl (C=O) groups is 1.